The van der Waals surface area contributed by atoms with E-state index in [1.807, 2.05) is 6.92 Å². The van der Waals surface area contributed by atoms with Crippen molar-refractivity contribution in [3.63, 3.8) is 0 Å². The van der Waals surface area contributed by atoms with Crippen LogP contribution in [0.1, 0.15) is 55.8 Å². The predicted molar refractivity (Wildman–Crippen MR) is 99.9 cm³/mol. The number of piperidine rings is 1. The number of carbonyl (C=O) groups excluding carboxylic acids is 1. The third kappa shape index (κ3) is 4.32. The Morgan fingerprint density at radius 2 is 1.81 bits per heavy atom. The highest BCUT2D eigenvalue weighted by Crippen LogP contribution is 2.27. The number of nitrogens with one attached hydrogen (secondary N) is 1. The molecule has 0 aromatic heterocycles. The number of nitrogens with zero attached hydrogens (tertiary/aromatic N) is 1. The zero-order valence-electron chi connectivity index (χ0n) is 15.4. The molecule has 2 fully saturated rings. The smallest absolute Gasteiger partial charge is 0.306 e. The second-order valence-corrected chi connectivity index (χ2v) is 9.39. The summed E-state index contributed by atoms with van der Waals surface area (Å²) in [6.45, 7) is 2.45. The molecule has 1 amide bonds. The second kappa shape index (κ2) is 7.98. The van der Waals surface area contributed by atoms with Crippen molar-refractivity contribution >= 4 is 21.9 Å². The first-order chi connectivity index (χ1) is 12.8. The summed E-state index contributed by atoms with van der Waals surface area (Å²) in [4.78, 5) is 23.6. The highest BCUT2D eigenvalue weighted by atomic mass is 32.2. The first-order valence-electron chi connectivity index (χ1n) is 9.44. The molecule has 7 nitrogen and oxygen atoms in total. The van der Waals surface area contributed by atoms with Crippen molar-refractivity contribution in [3.8, 4) is 0 Å². The molecular formula is C19H26N2O5S. The molecule has 1 aromatic rings. The molecule has 27 heavy (non-hydrogen) atoms. The SMILES string of the molecule is CC1CCCCN1S(=O)(=O)c1ccc(C(=O)N[C@@H]2CC[C@H](C(=O)O)C2)cc1. The molecule has 148 valence electrons. The van der Waals surface area contributed by atoms with Crippen molar-refractivity contribution in [3.05, 3.63) is 29.8 Å². The molecule has 1 unspecified atom stereocenters. The van der Waals surface area contributed by atoms with Gasteiger partial charge in [-0.1, -0.05) is 6.42 Å². The van der Waals surface area contributed by atoms with Gasteiger partial charge in [-0.15, -0.1) is 0 Å². The van der Waals surface area contributed by atoms with E-state index in [1.54, 1.807) is 0 Å². The van der Waals surface area contributed by atoms with E-state index in [9.17, 15) is 18.0 Å². The predicted octanol–water partition coefficient (Wildman–Crippen LogP) is 2.23. The van der Waals surface area contributed by atoms with E-state index in [4.69, 9.17) is 5.11 Å². The lowest BCUT2D eigenvalue weighted by Crippen LogP contribution is -2.41. The topological polar surface area (TPSA) is 104 Å². The average Bonchev–Trinajstić information content (AvgIpc) is 3.11. The Hall–Kier alpha value is -1.93. The minimum absolute atomic E-state index is 0.0173. The third-order valence-corrected chi connectivity index (χ3v) is 7.61. The van der Waals surface area contributed by atoms with Crippen LogP contribution in [-0.4, -0.2) is 48.3 Å². The number of benzene rings is 1. The maximum absolute atomic E-state index is 12.8. The lowest BCUT2D eigenvalue weighted by molar-refractivity contribution is -0.141. The van der Waals surface area contributed by atoms with Gasteiger partial charge < -0.3 is 10.4 Å². The summed E-state index contributed by atoms with van der Waals surface area (Å²) >= 11 is 0. The highest BCUT2D eigenvalue weighted by Gasteiger charge is 2.32. The molecule has 0 bridgehead atoms. The molecule has 0 spiro atoms. The summed E-state index contributed by atoms with van der Waals surface area (Å²) in [5, 5.41) is 11.9. The lowest BCUT2D eigenvalue weighted by atomic mass is 10.1. The summed E-state index contributed by atoms with van der Waals surface area (Å²) in [6, 6.07) is 5.80. The second-order valence-electron chi connectivity index (χ2n) is 7.50. The van der Waals surface area contributed by atoms with E-state index < -0.39 is 21.9 Å². The minimum Gasteiger partial charge on any atom is -0.481 e. The molecule has 1 saturated carbocycles. The van der Waals surface area contributed by atoms with Gasteiger partial charge in [-0.25, -0.2) is 8.42 Å². The van der Waals surface area contributed by atoms with Crippen LogP contribution in [0.5, 0.6) is 0 Å². The van der Waals surface area contributed by atoms with Crippen LogP contribution in [-0.2, 0) is 14.8 Å². The zero-order chi connectivity index (χ0) is 19.6. The summed E-state index contributed by atoms with van der Waals surface area (Å²) < 4.78 is 27.2. The Labute approximate surface area is 159 Å². The molecule has 1 aromatic carbocycles. The molecule has 2 aliphatic rings. The molecular weight excluding hydrogens is 368 g/mol. The first-order valence-corrected chi connectivity index (χ1v) is 10.9. The monoisotopic (exact) mass is 394 g/mol. The van der Waals surface area contributed by atoms with Crippen molar-refractivity contribution in [1.29, 1.82) is 0 Å². The Morgan fingerprint density at radius 1 is 1.11 bits per heavy atom. The van der Waals surface area contributed by atoms with Gasteiger partial charge in [-0.2, -0.15) is 4.31 Å². The summed E-state index contributed by atoms with van der Waals surface area (Å²) in [5.74, 6) is -1.54. The standard InChI is InChI=1S/C19H26N2O5S/c1-13-4-2-3-11-21(13)27(25,26)17-9-6-14(7-10-17)18(22)20-16-8-5-15(12-16)19(23)24/h6-7,9-10,13,15-16H,2-5,8,11-12H2,1H3,(H,20,22)(H,23,24)/t13?,15-,16+/m0/s1. The van der Waals surface area contributed by atoms with Crippen molar-refractivity contribution in [1.82, 2.24) is 9.62 Å². The van der Waals surface area contributed by atoms with E-state index in [0.717, 1.165) is 19.3 Å². The van der Waals surface area contributed by atoms with Gasteiger partial charge in [0.25, 0.3) is 5.91 Å². The fraction of sp³-hybridized carbons (Fsp3) is 0.579. The van der Waals surface area contributed by atoms with E-state index in [-0.39, 0.29) is 22.9 Å². The van der Waals surface area contributed by atoms with Gasteiger partial charge in [0.2, 0.25) is 10.0 Å². The number of hydrogen-bond acceptors (Lipinski definition) is 4. The molecule has 0 radical (unpaired) electrons. The van der Waals surface area contributed by atoms with E-state index in [1.165, 1.54) is 28.6 Å². The number of rotatable bonds is 5. The van der Waals surface area contributed by atoms with Gasteiger partial charge in [0.15, 0.2) is 0 Å². The van der Waals surface area contributed by atoms with Gasteiger partial charge in [0.05, 0.1) is 10.8 Å². The number of carbonyl (C=O) groups is 2. The van der Waals surface area contributed by atoms with E-state index >= 15 is 0 Å². The summed E-state index contributed by atoms with van der Waals surface area (Å²) in [6.07, 6.45) is 4.39. The highest BCUT2D eigenvalue weighted by molar-refractivity contribution is 7.89. The van der Waals surface area contributed by atoms with Crippen LogP contribution in [0, 0.1) is 5.92 Å². The van der Waals surface area contributed by atoms with Crippen LogP contribution in [0.2, 0.25) is 0 Å². The maximum atomic E-state index is 12.8. The van der Waals surface area contributed by atoms with Gasteiger partial charge in [-0.05, 0) is 63.3 Å². The Kier molecular flexibility index (Phi) is 5.86. The number of hydrogen-bond donors (Lipinski definition) is 2. The van der Waals surface area contributed by atoms with Crippen molar-refractivity contribution in [2.75, 3.05) is 6.54 Å². The molecule has 1 heterocycles. The van der Waals surface area contributed by atoms with Gasteiger partial charge in [0.1, 0.15) is 0 Å². The van der Waals surface area contributed by atoms with Crippen LogP contribution in [0.15, 0.2) is 29.2 Å². The third-order valence-electron chi connectivity index (χ3n) is 5.58. The Balaban J connectivity index is 1.66. The quantitative estimate of drug-likeness (QED) is 0.797. The minimum atomic E-state index is -3.56. The van der Waals surface area contributed by atoms with Gasteiger partial charge >= 0.3 is 5.97 Å². The maximum Gasteiger partial charge on any atom is 0.306 e. The lowest BCUT2D eigenvalue weighted by Gasteiger charge is -2.32. The number of carboxylic acids is 1. The van der Waals surface area contributed by atoms with Crippen molar-refractivity contribution < 1.29 is 23.1 Å². The molecule has 1 saturated heterocycles. The molecule has 1 aliphatic heterocycles. The largest absolute Gasteiger partial charge is 0.481 e. The van der Waals surface area contributed by atoms with Gasteiger partial charge in [-0.3, -0.25) is 9.59 Å². The van der Waals surface area contributed by atoms with Crippen molar-refractivity contribution in [2.45, 2.75) is 62.4 Å². The Bertz CT molecular complexity index is 806. The van der Waals surface area contributed by atoms with Crippen LogP contribution in [0.25, 0.3) is 0 Å². The van der Waals surface area contributed by atoms with Crippen molar-refractivity contribution in [2.24, 2.45) is 5.92 Å². The summed E-state index contributed by atoms with van der Waals surface area (Å²) in [7, 11) is -3.56. The number of amides is 1. The molecule has 8 heteroatoms. The van der Waals surface area contributed by atoms with Gasteiger partial charge in [0, 0.05) is 24.2 Å². The fourth-order valence-corrected chi connectivity index (χ4v) is 5.65. The molecule has 3 rings (SSSR count). The van der Waals surface area contributed by atoms with E-state index in [2.05, 4.69) is 5.32 Å². The normalized spacial score (nSPS) is 26.6. The summed E-state index contributed by atoms with van der Waals surface area (Å²) in [5.41, 5.74) is 0.374. The number of sulfonamides is 1. The molecule has 3 atom stereocenters. The fourth-order valence-electron chi connectivity index (χ4n) is 3.95. The average molecular weight is 394 g/mol. The van der Waals surface area contributed by atoms with Crippen LogP contribution >= 0.6 is 0 Å². The number of aliphatic carboxylic acids is 1. The van der Waals surface area contributed by atoms with E-state index in [0.29, 0.717) is 31.4 Å². The number of carboxylic acid groups (broad SMARTS) is 1. The van der Waals surface area contributed by atoms with Crippen LogP contribution in [0.3, 0.4) is 0 Å². The molecule has 1 aliphatic carbocycles. The molecule has 2 N–H and O–H groups in total. The zero-order valence-corrected chi connectivity index (χ0v) is 16.2. The first kappa shape index (κ1) is 19.8. The van der Waals surface area contributed by atoms with Crippen LogP contribution in [0.4, 0.5) is 0 Å². The van der Waals surface area contributed by atoms with Crippen LogP contribution < -0.4 is 5.32 Å². The Morgan fingerprint density at radius 3 is 2.41 bits per heavy atom.